The fourth-order valence-corrected chi connectivity index (χ4v) is 3.91. The van der Waals surface area contributed by atoms with Crippen molar-refractivity contribution in [3.63, 3.8) is 0 Å². The summed E-state index contributed by atoms with van der Waals surface area (Å²) in [4.78, 5) is 4.65. The third kappa shape index (κ3) is 3.75. The van der Waals surface area contributed by atoms with Crippen LogP contribution in [0.25, 0.3) is 0 Å². The van der Waals surface area contributed by atoms with Gasteiger partial charge >= 0.3 is 0 Å². The fourth-order valence-electron chi connectivity index (χ4n) is 3.91. The molecule has 28 heavy (non-hydrogen) atoms. The molecule has 4 heteroatoms. The van der Waals surface area contributed by atoms with Crippen LogP contribution in [0.2, 0.25) is 0 Å². The summed E-state index contributed by atoms with van der Waals surface area (Å²) < 4.78 is 11.7. The summed E-state index contributed by atoms with van der Waals surface area (Å²) in [6, 6.07) is 25.5. The second-order valence-electron chi connectivity index (χ2n) is 7.55. The van der Waals surface area contributed by atoms with Crippen LogP contribution in [0.15, 0.2) is 72.8 Å². The lowest BCUT2D eigenvalue weighted by Gasteiger charge is -2.29. The first-order valence-electron chi connectivity index (χ1n) is 9.77. The molecule has 0 atom stereocenters. The van der Waals surface area contributed by atoms with Crippen LogP contribution in [0, 0.1) is 0 Å². The van der Waals surface area contributed by atoms with E-state index < -0.39 is 0 Å². The summed E-state index contributed by atoms with van der Waals surface area (Å²) in [5, 5.41) is 0. The summed E-state index contributed by atoms with van der Waals surface area (Å²) in [5.41, 5.74) is 5.14. The normalized spacial score (nSPS) is 16.6. The zero-order valence-electron chi connectivity index (χ0n) is 15.9. The Morgan fingerprint density at radius 2 is 1.00 bits per heavy atom. The van der Waals surface area contributed by atoms with Crippen molar-refractivity contribution in [3.8, 4) is 11.5 Å². The standard InChI is InChI=1S/C24H24N2O2/c1-3-7-23-21(5-1)15-25(17-27-23)13-19-9-11-20(12-10-19)14-26-16-22-6-2-4-8-24(22)28-18-26/h1-12H,13-18H2. The van der Waals surface area contributed by atoms with Crippen LogP contribution in [0.3, 0.4) is 0 Å². The summed E-state index contributed by atoms with van der Waals surface area (Å²) in [5.74, 6) is 2.03. The van der Waals surface area contributed by atoms with Crippen LogP contribution in [-0.2, 0) is 26.2 Å². The monoisotopic (exact) mass is 372 g/mol. The minimum Gasteiger partial charge on any atom is -0.478 e. The predicted octanol–water partition coefficient (Wildman–Crippen LogP) is 4.39. The first-order chi connectivity index (χ1) is 13.8. The number of fused-ring (bicyclic) bond motifs is 2. The molecule has 4 nitrogen and oxygen atoms in total. The van der Waals surface area contributed by atoms with Gasteiger partial charge in [-0.2, -0.15) is 0 Å². The Kier molecular flexibility index (Phi) is 4.73. The molecule has 142 valence electrons. The van der Waals surface area contributed by atoms with Gasteiger partial charge < -0.3 is 9.47 Å². The van der Waals surface area contributed by atoms with Gasteiger partial charge in [0.25, 0.3) is 0 Å². The van der Waals surface area contributed by atoms with E-state index in [1.807, 2.05) is 24.3 Å². The molecule has 0 fully saturated rings. The maximum absolute atomic E-state index is 5.87. The first kappa shape index (κ1) is 17.3. The van der Waals surface area contributed by atoms with Crippen molar-refractivity contribution in [2.75, 3.05) is 13.5 Å². The third-order valence-corrected chi connectivity index (χ3v) is 5.37. The molecule has 0 aromatic heterocycles. The molecule has 0 saturated carbocycles. The highest BCUT2D eigenvalue weighted by atomic mass is 16.5. The number of hydrogen-bond acceptors (Lipinski definition) is 4. The number of hydrogen-bond donors (Lipinski definition) is 0. The van der Waals surface area contributed by atoms with E-state index in [9.17, 15) is 0 Å². The molecule has 0 spiro atoms. The van der Waals surface area contributed by atoms with E-state index in [1.165, 1.54) is 22.3 Å². The van der Waals surface area contributed by atoms with Gasteiger partial charge in [-0.25, -0.2) is 0 Å². The molecule has 0 amide bonds. The van der Waals surface area contributed by atoms with Crippen molar-refractivity contribution in [1.82, 2.24) is 9.80 Å². The second kappa shape index (κ2) is 7.66. The van der Waals surface area contributed by atoms with Crippen LogP contribution in [0.4, 0.5) is 0 Å². The molecule has 2 aliphatic rings. The van der Waals surface area contributed by atoms with Gasteiger partial charge in [-0.3, -0.25) is 9.80 Å². The molecule has 0 radical (unpaired) electrons. The zero-order valence-corrected chi connectivity index (χ0v) is 15.9. The minimum absolute atomic E-state index is 0.642. The van der Waals surface area contributed by atoms with Crippen molar-refractivity contribution in [1.29, 1.82) is 0 Å². The average Bonchev–Trinajstić information content (AvgIpc) is 2.75. The Balaban J connectivity index is 1.19. The third-order valence-electron chi connectivity index (χ3n) is 5.37. The predicted molar refractivity (Wildman–Crippen MR) is 109 cm³/mol. The van der Waals surface area contributed by atoms with Gasteiger partial charge in [0.05, 0.1) is 0 Å². The summed E-state index contributed by atoms with van der Waals surface area (Å²) in [6.07, 6.45) is 0. The SMILES string of the molecule is c1ccc2c(c1)CN(Cc1ccc(CN3COc4ccccc4C3)cc1)CO2. The number of nitrogens with zero attached hydrogens (tertiary/aromatic N) is 2. The maximum atomic E-state index is 5.87. The van der Waals surface area contributed by atoms with Crippen molar-refractivity contribution in [2.45, 2.75) is 26.2 Å². The molecular formula is C24H24N2O2. The van der Waals surface area contributed by atoms with E-state index >= 15 is 0 Å². The smallest absolute Gasteiger partial charge is 0.142 e. The van der Waals surface area contributed by atoms with Crippen LogP contribution in [0.5, 0.6) is 11.5 Å². The lowest BCUT2D eigenvalue weighted by molar-refractivity contribution is 0.0878. The van der Waals surface area contributed by atoms with Gasteiger partial charge in [0.2, 0.25) is 0 Å². The van der Waals surface area contributed by atoms with Crippen LogP contribution in [-0.4, -0.2) is 23.3 Å². The van der Waals surface area contributed by atoms with E-state index in [1.54, 1.807) is 0 Å². The summed E-state index contributed by atoms with van der Waals surface area (Å²) in [7, 11) is 0. The number of benzene rings is 3. The van der Waals surface area contributed by atoms with E-state index in [-0.39, 0.29) is 0 Å². The van der Waals surface area contributed by atoms with Gasteiger partial charge in [-0.1, -0.05) is 60.7 Å². The Morgan fingerprint density at radius 1 is 0.571 bits per heavy atom. The Morgan fingerprint density at radius 3 is 1.46 bits per heavy atom. The molecule has 0 unspecified atom stereocenters. The van der Waals surface area contributed by atoms with Gasteiger partial charge in [0, 0.05) is 37.3 Å². The lowest BCUT2D eigenvalue weighted by Crippen LogP contribution is -2.32. The molecule has 0 bridgehead atoms. The molecule has 0 N–H and O–H groups in total. The highest BCUT2D eigenvalue weighted by Crippen LogP contribution is 2.26. The molecule has 5 rings (SSSR count). The van der Waals surface area contributed by atoms with Crippen molar-refractivity contribution < 1.29 is 9.47 Å². The highest BCUT2D eigenvalue weighted by Gasteiger charge is 2.18. The Labute approximate surface area is 165 Å². The topological polar surface area (TPSA) is 24.9 Å². The molecule has 2 heterocycles. The molecule has 0 aliphatic carbocycles. The zero-order chi connectivity index (χ0) is 18.8. The van der Waals surface area contributed by atoms with Crippen molar-refractivity contribution in [3.05, 3.63) is 95.1 Å². The highest BCUT2D eigenvalue weighted by molar-refractivity contribution is 5.35. The molecular weight excluding hydrogens is 348 g/mol. The number of rotatable bonds is 4. The molecule has 2 aliphatic heterocycles. The average molecular weight is 372 g/mol. The molecule has 3 aromatic carbocycles. The first-order valence-corrected chi connectivity index (χ1v) is 9.77. The Hall–Kier alpha value is -2.82. The summed E-state index contributed by atoms with van der Waals surface area (Å²) in [6.45, 7) is 4.95. The van der Waals surface area contributed by atoms with Gasteiger partial charge in [-0.15, -0.1) is 0 Å². The largest absolute Gasteiger partial charge is 0.478 e. The van der Waals surface area contributed by atoms with E-state index in [0.29, 0.717) is 13.5 Å². The Bertz CT molecular complexity index is 876. The minimum atomic E-state index is 0.642. The summed E-state index contributed by atoms with van der Waals surface area (Å²) >= 11 is 0. The number of ether oxygens (including phenoxy) is 2. The van der Waals surface area contributed by atoms with Crippen LogP contribution in [0.1, 0.15) is 22.3 Å². The van der Waals surface area contributed by atoms with Gasteiger partial charge in [0.1, 0.15) is 25.0 Å². The quantitative estimate of drug-likeness (QED) is 0.678. The fraction of sp³-hybridized carbons (Fsp3) is 0.250. The van der Waals surface area contributed by atoms with E-state index in [2.05, 4.69) is 58.3 Å². The maximum Gasteiger partial charge on any atom is 0.142 e. The van der Waals surface area contributed by atoms with Crippen molar-refractivity contribution in [2.24, 2.45) is 0 Å². The van der Waals surface area contributed by atoms with Crippen LogP contribution >= 0.6 is 0 Å². The molecule has 0 saturated heterocycles. The van der Waals surface area contributed by atoms with Gasteiger partial charge in [0.15, 0.2) is 0 Å². The number of para-hydroxylation sites is 2. The van der Waals surface area contributed by atoms with Gasteiger partial charge in [-0.05, 0) is 23.3 Å². The lowest BCUT2D eigenvalue weighted by atomic mass is 10.1. The van der Waals surface area contributed by atoms with E-state index in [4.69, 9.17) is 9.47 Å². The van der Waals surface area contributed by atoms with E-state index in [0.717, 1.165) is 37.7 Å². The molecule has 3 aromatic rings. The van der Waals surface area contributed by atoms with Crippen molar-refractivity contribution >= 4 is 0 Å². The second-order valence-corrected chi connectivity index (χ2v) is 7.55. The van der Waals surface area contributed by atoms with Crippen LogP contribution < -0.4 is 9.47 Å².